The van der Waals surface area contributed by atoms with Crippen LogP contribution in [0.2, 0.25) is 0 Å². The number of hydrogen-bond acceptors (Lipinski definition) is 5. The van der Waals surface area contributed by atoms with Crippen LogP contribution in [0.25, 0.3) is 0 Å². The van der Waals surface area contributed by atoms with Crippen LogP contribution in [-0.2, 0) is 4.79 Å². The molecule has 2 aliphatic rings. The second-order valence-corrected chi connectivity index (χ2v) is 7.53. The van der Waals surface area contributed by atoms with Gasteiger partial charge in [-0.3, -0.25) is 9.59 Å². The highest BCUT2D eigenvalue weighted by atomic mass is 32.2. The topological polar surface area (TPSA) is 57.0 Å². The number of hydrogen-bond donors (Lipinski definition) is 0. The number of benzene rings is 1. The van der Waals surface area contributed by atoms with Crippen molar-refractivity contribution in [2.45, 2.75) is 6.04 Å². The first-order valence-corrected chi connectivity index (χ1v) is 10.0. The van der Waals surface area contributed by atoms with Crippen molar-refractivity contribution >= 4 is 29.3 Å². The number of furan rings is 1. The van der Waals surface area contributed by atoms with Gasteiger partial charge in [0.2, 0.25) is 5.91 Å². The number of nitrogens with zero attached hydrogens (tertiary/aromatic N) is 3. The molecule has 2 aromatic rings. The summed E-state index contributed by atoms with van der Waals surface area (Å²) in [4.78, 5) is 30.9. The summed E-state index contributed by atoms with van der Waals surface area (Å²) in [6.07, 6.45) is 1.45. The van der Waals surface area contributed by atoms with Crippen molar-refractivity contribution in [3.05, 3.63) is 54.2 Å². The zero-order valence-electron chi connectivity index (χ0n) is 14.7. The van der Waals surface area contributed by atoms with Crippen molar-refractivity contribution in [2.24, 2.45) is 0 Å². The zero-order valence-corrected chi connectivity index (χ0v) is 15.5. The highest BCUT2D eigenvalue weighted by Gasteiger charge is 2.39. The highest BCUT2D eigenvalue weighted by Crippen LogP contribution is 2.26. The lowest BCUT2D eigenvalue weighted by Gasteiger charge is -2.38. The van der Waals surface area contributed by atoms with Gasteiger partial charge in [0.15, 0.2) is 5.76 Å². The highest BCUT2D eigenvalue weighted by molar-refractivity contribution is 7.99. The summed E-state index contributed by atoms with van der Waals surface area (Å²) in [6, 6.07) is 9.47. The smallest absolute Gasteiger partial charge is 0.290 e. The third-order valence-electron chi connectivity index (χ3n) is 4.94. The Balaban J connectivity index is 1.40. The van der Waals surface area contributed by atoms with Gasteiger partial charge in [-0.05, 0) is 24.3 Å². The largest absolute Gasteiger partial charge is 0.459 e. The van der Waals surface area contributed by atoms with Gasteiger partial charge in [0.1, 0.15) is 11.9 Å². The van der Waals surface area contributed by atoms with Crippen LogP contribution < -0.4 is 4.90 Å². The average molecular weight is 389 g/mol. The number of thioether (sulfide) groups is 1. The van der Waals surface area contributed by atoms with E-state index in [2.05, 4.69) is 0 Å². The summed E-state index contributed by atoms with van der Waals surface area (Å²) in [5.41, 5.74) is 0.565. The fraction of sp³-hybridized carbons (Fsp3) is 0.368. The van der Waals surface area contributed by atoms with Gasteiger partial charge >= 0.3 is 0 Å². The molecule has 1 aromatic carbocycles. The predicted molar refractivity (Wildman–Crippen MR) is 101 cm³/mol. The molecule has 27 heavy (non-hydrogen) atoms. The quantitative estimate of drug-likeness (QED) is 0.806. The van der Waals surface area contributed by atoms with Crippen LogP contribution in [0.3, 0.4) is 0 Å². The van der Waals surface area contributed by atoms with Gasteiger partial charge in [-0.25, -0.2) is 4.39 Å². The lowest BCUT2D eigenvalue weighted by molar-refractivity contribution is -0.135. The third kappa shape index (κ3) is 3.53. The summed E-state index contributed by atoms with van der Waals surface area (Å²) in [5.74, 6) is 0.755. The van der Waals surface area contributed by atoms with Crippen LogP contribution in [0.1, 0.15) is 10.6 Å². The minimum absolute atomic E-state index is 0.0481. The van der Waals surface area contributed by atoms with Crippen LogP contribution >= 0.6 is 11.8 Å². The van der Waals surface area contributed by atoms with Gasteiger partial charge in [0, 0.05) is 31.9 Å². The molecule has 2 aliphatic heterocycles. The number of anilines is 1. The van der Waals surface area contributed by atoms with Gasteiger partial charge in [0.25, 0.3) is 5.91 Å². The van der Waals surface area contributed by atoms with Gasteiger partial charge in [-0.2, -0.15) is 0 Å². The first-order valence-electron chi connectivity index (χ1n) is 8.85. The standard InChI is InChI=1S/C19H20FN3O3S/c20-14-4-1-2-5-15(14)21-7-9-22(10-8-21)18(24)16-12-27-13-23(16)19(25)17-6-3-11-26-17/h1-6,11,16H,7-10,12-13H2. The summed E-state index contributed by atoms with van der Waals surface area (Å²) in [5, 5.41) is 0. The van der Waals surface area contributed by atoms with Crippen LogP contribution in [0.15, 0.2) is 47.1 Å². The van der Waals surface area contributed by atoms with Crippen LogP contribution in [-0.4, -0.2) is 65.5 Å². The molecule has 2 amide bonds. The second kappa shape index (κ2) is 7.64. The van der Waals surface area contributed by atoms with Crippen molar-refractivity contribution in [3.8, 4) is 0 Å². The number of piperazine rings is 1. The summed E-state index contributed by atoms with van der Waals surface area (Å²) in [6.45, 7) is 2.16. The molecule has 0 bridgehead atoms. The van der Waals surface area contributed by atoms with E-state index >= 15 is 0 Å². The van der Waals surface area contributed by atoms with Crippen molar-refractivity contribution in [1.82, 2.24) is 9.80 Å². The Hall–Kier alpha value is -2.48. The maximum atomic E-state index is 14.0. The number of para-hydroxylation sites is 1. The maximum Gasteiger partial charge on any atom is 0.290 e. The predicted octanol–water partition coefficient (Wildman–Crippen LogP) is 2.28. The van der Waals surface area contributed by atoms with Crippen LogP contribution in [0, 0.1) is 5.82 Å². The zero-order chi connectivity index (χ0) is 18.8. The third-order valence-corrected chi connectivity index (χ3v) is 5.96. The number of halogens is 1. The molecule has 0 spiro atoms. The molecule has 2 saturated heterocycles. The molecule has 6 nitrogen and oxygen atoms in total. The molecule has 0 saturated carbocycles. The molecule has 1 unspecified atom stereocenters. The molecule has 8 heteroatoms. The lowest BCUT2D eigenvalue weighted by atomic mass is 10.2. The summed E-state index contributed by atoms with van der Waals surface area (Å²) < 4.78 is 19.2. The Morgan fingerprint density at radius 3 is 2.56 bits per heavy atom. The molecule has 2 fully saturated rings. The molecule has 0 radical (unpaired) electrons. The van der Waals surface area contributed by atoms with E-state index in [1.807, 2.05) is 11.0 Å². The second-order valence-electron chi connectivity index (χ2n) is 6.53. The summed E-state index contributed by atoms with van der Waals surface area (Å²) in [7, 11) is 0. The summed E-state index contributed by atoms with van der Waals surface area (Å²) >= 11 is 1.56. The Labute approximate surface area is 160 Å². The molecule has 3 heterocycles. The number of amides is 2. The molecule has 1 aromatic heterocycles. The van der Waals surface area contributed by atoms with E-state index in [-0.39, 0.29) is 23.4 Å². The first-order chi connectivity index (χ1) is 13.1. The van der Waals surface area contributed by atoms with Gasteiger partial charge < -0.3 is 19.1 Å². The first kappa shape index (κ1) is 17.9. The van der Waals surface area contributed by atoms with E-state index < -0.39 is 6.04 Å². The minimum Gasteiger partial charge on any atom is -0.459 e. The number of rotatable bonds is 3. The van der Waals surface area contributed by atoms with Crippen molar-refractivity contribution in [1.29, 1.82) is 0 Å². The van der Waals surface area contributed by atoms with E-state index in [9.17, 15) is 14.0 Å². The number of carbonyl (C=O) groups is 2. The van der Waals surface area contributed by atoms with E-state index in [1.165, 1.54) is 12.3 Å². The Morgan fingerprint density at radius 2 is 1.85 bits per heavy atom. The lowest BCUT2D eigenvalue weighted by Crippen LogP contribution is -2.55. The molecular weight excluding hydrogens is 369 g/mol. The van der Waals surface area contributed by atoms with E-state index in [1.54, 1.807) is 45.8 Å². The van der Waals surface area contributed by atoms with Crippen molar-refractivity contribution < 1.29 is 18.4 Å². The molecular formula is C19H20FN3O3S. The van der Waals surface area contributed by atoms with Gasteiger partial charge in [-0.1, -0.05) is 12.1 Å². The normalized spacial score (nSPS) is 20.2. The van der Waals surface area contributed by atoms with E-state index in [0.29, 0.717) is 43.5 Å². The Kier molecular flexibility index (Phi) is 5.07. The number of carbonyl (C=O) groups excluding carboxylic acids is 2. The SMILES string of the molecule is O=C(C1CSCN1C(=O)c1ccco1)N1CCN(c2ccccc2F)CC1. The van der Waals surface area contributed by atoms with Gasteiger partial charge in [0.05, 0.1) is 17.8 Å². The molecule has 0 aliphatic carbocycles. The molecule has 142 valence electrons. The minimum atomic E-state index is -0.479. The monoisotopic (exact) mass is 389 g/mol. The van der Waals surface area contributed by atoms with Crippen molar-refractivity contribution in [3.63, 3.8) is 0 Å². The Bertz CT molecular complexity index is 821. The molecule has 0 N–H and O–H groups in total. The fourth-order valence-electron chi connectivity index (χ4n) is 3.48. The average Bonchev–Trinajstić information content (AvgIpc) is 3.39. The molecule has 4 rings (SSSR count). The van der Waals surface area contributed by atoms with E-state index in [0.717, 1.165) is 0 Å². The fourth-order valence-corrected chi connectivity index (χ4v) is 4.62. The Morgan fingerprint density at radius 1 is 1.07 bits per heavy atom. The maximum absolute atomic E-state index is 14.0. The van der Waals surface area contributed by atoms with E-state index in [4.69, 9.17) is 4.42 Å². The van der Waals surface area contributed by atoms with Crippen LogP contribution in [0.4, 0.5) is 10.1 Å². The van der Waals surface area contributed by atoms with Crippen LogP contribution in [0.5, 0.6) is 0 Å². The van der Waals surface area contributed by atoms with Gasteiger partial charge in [-0.15, -0.1) is 11.8 Å². The molecule has 1 atom stereocenters. The van der Waals surface area contributed by atoms with Crippen molar-refractivity contribution in [2.75, 3.05) is 42.7 Å².